The van der Waals surface area contributed by atoms with E-state index in [-0.39, 0.29) is 16.0 Å². The molecule has 10 heteroatoms. The third-order valence-electron chi connectivity index (χ3n) is 3.44. The van der Waals surface area contributed by atoms with Crippen LogP contribution in [0.4, 0.5) is 4.39 Å². The summed E-state index contributed by atoms with van der Waals surface area (Å²) in [5.41, 5.74) is -0.254. The summed E-state index contributed by atoms with van der Waals surface area (Å²) < 4.78 is 38.1. The van der Waals surface area contributed by atoms with E-state index in [9.17, 15) is 27.2 Å². The number of amides is 2. The van der Waals surface area contributed by atoms with E-state index in [1.165, 1.54) is 26.0 Å². The zero-order valence-corrected chi connectivity index (χ0v) is 13.6. The van der Waals surface area contributed by atoms with Crippen LogP contribution >= 0.6 is 0 Å². The normalized spacial score (nSPS) is 16.8. The Morgan fingerprint density at radius 2 is 1.96 bits per heavy atom. The first-order chi connectivity index (χ1) is 11.1. The SMILES string of the molecule is CC(C)N1C(=O)c2ccc(C(=O)NC(CF)C(=O)O)cc2S1(=O)=O. The smallest absolute Gasteiger partial charge is 0.328 e. The van der Waals surface area contributed by atoms with Gasteiger partial charge in [-0.15, -0.1) is 0 Å². The average molecular weight is 358 g/mol. The number of fused-ring (bicyclic) bond motifs is 1. The maximum atomic E-state index is 12.6. The number of hydrogen-bond acceptors (Lipinski definition) is 5. The largest absolute Gasteiger partial charge is 0.480 e. The lowest BCUT2D eigenvalue weighted by molar-refractivity contribution is -0.139. The number of alkyl halides is 1. The second-order valence-electron chi connectivity index (χ2n) is 5.43. The Labute approximate surface area is 137 Å². The zero-order chi connectivity index (χ0) is 18.2. The number of benzene rings is 1. The van der Waals surface area contributed by atoms with Crippen LogP contribution in [0.5, 0.6) is 0 Å². The molecule has 0 spiro atoms. The molecule has 2 rings (SSSR count). The Hall–Kier alpha value is -2.49. The van der Waals surface area contributed by atoms with Crippen LogP contribution in [0.3, 0.4) is 0 Å². The van der Waals surface area contributed by atoms with Crippen molar-refractivity contribution in [2.45, 2.75) is 30.8 Å². The van der Waals surface area contributed by atoms with Gasteiger partial charge < -0.3 is 10.4 Å². The Balaban J connectivity index is 2.41. The standard InChI is InChI=1S/C14H15FN2O6S/c1-7(2)17-13(19)9-4-3-8(5-11(9)24(17,22)23)12(18)16-10(6-15)14(20)21/h3-5,7,10H,6H2,1-2H3,(H,16,18)(H,20,21). The van der Waals surface area contributed by atoms with Gasteiger partial charge in [-0.1, -0.05) is 0 Å². The molecular weight excluding hydrogens is 343 g/mol. The van der Waals surface area contributed by atoms with Crippen LogP contribution in [-0.2, 0) is 14.8 Å². The van der Waals surface area contributed by atoms with Gasteiger partial charge in [-0.05, 0) is 32.0 Å². The van der Waals surface area contributed by atoms with Crippen LogP contribution in [0, 0.1) is 0 Å². The number of carboxylic acid groups (broad SMARTS) is 1. The van der Waals surface area contributed by atoms with E-state index >= 15 is 0 Å². The van der Waals surface area contributed by atoms with Crippen molar-refractivity contribution >= 4 is 27.8 Å². The highest BCUT2D eigenvalue weighted by Crippen LogP contribution is 2.32. The maximum Gasteiger partial charge on any atom is 0.328 e. The first kappa shape index (κ1) is 17.9. The van der Waals surface area contributed by atoms with Crippen molar-refractivity contribution in [1.82, 2.24) is 9.62 Å². The van der Waals surface area contributed by atoms with E-state index < -0.39 is 46.6 Å². The molecule has 0 fully saturated rings. The van der Waals surface area contributed by atoms with E-state index in [1.807, 2.05) is 5.32 Å². The fourth-order valence-corrected chi connectivity index (χ4v) is 4.10. The van der Waals surface area contributed by atoms with Gasteiger partial charge in [0.25, 0.3) is 21.8 Å². The fourth-order valence-electron chi connectivity index (χ4n) is 2.31. The lowest BCUT2D eigenvalue weighted by Gasteiger charge is -2.18. The monoisotopic (exact) mass is 358 g/mol. The number of hydrogen-bond donors (Lipinski definition) is 2. The first-order valence-corrected chi connectivity index (χ1v) is 8.37. The minimum absolute atomic E-state index is 0.0690. The number of sulfonamides is 1. The first-order valence-electron chi connectivity index (χ1n) is 6.93. The van der Waals surface area contributed by atoms with Gasteiger partial charge in [-0.2, -0.15) is 0 Å². The molecule has 0 bridgehead atoms. The van der Waals surface area contributed by atoms with Crippen LogP contribution in [0.2, 0.25) is 0 Å². The Morgan fingerprint density at radius 3 is 2.46 bits per heavy atom. The quantitative estimate of drug-likeness (QED) is 0.785. The number of aliphatic carboxylic acids is 1. The molecule has 1 unspecified atom stereocenters. The highest BCUT2D eigenvalue weighted by Gasteiger charge is 2.43. The van der Waals surface area contributed by atoms with Gasteiger partial charge in [0.2, 0.25) is 0 Å². The lowest BCUT2D eigenvalue weighted by Crippen LogP contribution is -2.42. The molecule has 0 aliphatic carbocycles. The van der Waals surface area contributed by atoms with Crippen molar-refractivity contribution in [1.29, 1.82) is 0 Å². The van der Waals surface area contributed by atoms with Crippen LogP contribution in [0.15, 0.2) is 23.1 Å². The molecule has 0 radical (unpaired) electrons. The molecule has 0 aromatic heterocycles. The number of nitrogens with zero attached hydrogens (tertiary/aromatic N) is 1. The van der Waals surface area contributed by atoms with Gasteiger partial charge in [0.1, 0.15) is 11.6 Å². The second-order valence-corrected chi connectivity index (χ2v) is 7.21. The highest BCUT2D eigenvalue weighted by atomic mass is 32.2. The van der Waals surface area contributed by atoms with E-state index in [0.717, 1.165) is 6.07 Å². The third kappa shape index (κ3) is 2.84. The molecule has 2 amide bonds. The van der Waals surface area contributed by atoms with Crippen LogP contribution in [0.25, 0.3) is 0 Å². The van der Waals surface area contributed by atoms with Crippen molar-refractivity contribution in [3.63, 3.8) is 0 Å². The number of halogens is 1. The minimum Gasteiger partial charge on any atom is -0.480 e. The molecule has 1 aliphatic heterocycles. The Morgan fingerprint density at radius 1 is 1.33 bits per heavy atom. The van der Waals surface area contributed by atoms with Crippen molar-refractivity contribution in [3.8, 4) is 0 Å². The molecule has 2 N–H and O–H groups in total. The van der Waals surface area contributed by atoms with Gasteiger partial charge in [0.05, 0.1) is 5.56 Å². The average Bonchev–Trinajstić information content (AvgIpc) is 2.70. The second kappa shape index (κ2) is 6.19. The molecule has 0 saturated carbocycles. The van der Waals surface area contributed by atoms with Gasteiger partial charge in [-0.3, -0.25) is 9.59 Å². The number of rotatable bonds is 5. The lowest BCUT2D eigenvalue weighted by atomic mass is 10.1. The topological polar surface area (TPSA) is 121 Å². The van der Waals surface area contributed by atoms with E-state index in [0.29, 0.717) is 4.31 Å². The summed E-state index contributed by atoms with van der Waals surface area (Å²) in [4.78, 5) is 34.6. The van der Waals surface area contributed by atoms with Gasteiger partial charge in [0, 0.05) is 11.6 Å². The molecule has 8 nitrogen and oxygen atoms in total. The highest BCUT2D eigenvalue weighted by molar-refractivity contribution is 7.90. The summed E-state index contributed by atoms with van der Waals surface area (Å²) in [6.07, 6.45) is 0. The molecule has 0 saturated heterocycles. The minimum atomic E-state index is -4.09. The summed E-state index contributed by atoms with van der Waals surface area (Å²) in [6, 6.07) is 1.00. The number of carbonyl (C=O) groups is 3. The van der Waals surface area contributed by atoms with Crippen molar-refractivity contribution in [2.24, 2.45) is 0 Å². The van der Waals surface area contributed by atoms with Crippen LogP contribution < -0.4 is 5.32 Å². The molecule has 1 atom stereocenters. The van der Waals surface area contributed by atoms with Gasteiger partial charge in [0.15, 0.2) is 6.04 Å². The van der Waals surface area contributed by atoms with Crippen molar-refractivity contribution in [2.75, 3.05) is 6.67 Å². The Kier molecular flexibility index (Phi) is 4.61. The summed E-state index contributed by atoms with van der Waals surface area (Å²) in [6.45, 7) is 1.76. The summed E-state index contributed by atoms with van der Waals surface area (Å²) in [5.74, 6) is -3.20. The molecule has 1 aromatic carbocycles. The number of nitrogens with one attached hydrogen (secondary N) is 1. The molecule has 1 heterocycles. The summed E-state index contributed by atoms with van der Waals surface area (Å²) >= 11 is 0. The van der Waals surface area contributed by atoms with Crippen molar-refractivity contribution in [3.05, 3.63) is 29.3 Å². The summed E-state index contributed by atoms with van der Waals surface area (Å²) in [5, 5.41) is 10.7. The molecule has 130 valence electrons. The van der Waals surface area contributed by atoms with E-state index in [4.69, 9.17) is 5.11 Å². The van der Waals surface area contributed by atoms with Gasteiger partial charge in [-0.25, -0.2) is 21.9 Å². The van der Waals surface area contributed by atoms with Crippen molar-refractivity contribution < 1.29 is 32.3 Å². The predicted molar refractivity (Wildman–Crippen MR) is 79.8 cm³/mol. The number of carboxylic acids is 1. The van der Waals surface area contributed by atoms with Gasteiger partial charge >= 0.3 is 5.97 Å². The van der Waals surface area contributed by atoms with E-state index in [1.54, 1.807) is 0 Å². The van der Waals surface area contributed by atoms with Crippen LogP contribution in [-0.4, -0.2) is 54.4 Å². The third-order valence-corrected chi connectivity index (χ3v) is 5.44. The molecule has 1 aliphatic rings. The predicted octanol–water partition coefficient (Wildman–Crippen LogP) is 0.392. The van der Waals surface area contributed by atoms with Crippen LogP contribution in [0.1, 0.15) is 34.6 Å². The zero-order valence-electron chi connectivity index (χ0n) is 12.8. The molecule has 1 aromatic rings. The van der Waals surface area contributed by atoms with E-state index in [2.05, 4.69) is 0 Å². The number of carbonyl (C=O) groups excluding carboxylic acids is 2. The molecule has 24 heavy (non-hydrogen) atoms. The summed E-state index contributed by atoms with van der Waals surface area (Å²) in [7, 11) is -4.09. The maximum absolute atomic E-state index is 12.6. The fraction of sp³-hybridized carbons (Fsp3) is 0.357. The molecular formula is C14H15FN2O6S. The Bertz CT molecular complexity index is 821.